The molecule has 1 atom stereocenters. The second-order valence-corrected chi connectivity index (χ2v) is 6.64. The van der Waals surface area contributed by atoms with Crippen LogP contribution in [0.5, 0.6) is 0 Å². The number of halogens is 2. The van der Waals surface area contributed by atoms with Crippen LogP contribution in [-0.4, -0.2) is 27.9 Å². The smallest absolute Gasteiger partial charge is 0.312 e. The molecular weight excluding hydrogens is 388 g/mol. The first-order valence-corrected chi connectivity index (χ1v) is 9.11. The number of carbonyl (C=O) groups is 2. The van der Waals surface area contributed by atoms with E-state index >= 15 is 0 Å². The monoisotopic (exact) mass is 403 g/mol. The second-order valence-electron chi connectivity index (χ2n) is 5.78. The van der Waals surface area contributed by atoms with Crippen molar-refractivity contribution in [3.63, 3.8) is 0 Å². The van der Waals surface area contributed by atoms with E-state index in [0.717, 1.165) is 17.7 Å². The summed E-state index contributed by atoms with van der Waals surface area (Å²) in [5.74, 6) is -3.36. The topological polar surface area (TPSA) is 81.2 Å². The number of nitrogens with one attached hydrogen (secondary N) is 1. The van der Waals surface area contributed by atoms with Gasteiger partial charge in [-0.15, -0.1) is 11.3 Å². The van der Waals surface area contributed by atoms with Crippen LogP contribution in [-0.2, 0) is 20.7 Å². The number of hydrogen-bond donors (Lipinski definition) is 1. The lowest BCUT2D eigenvalue weighted by Gasteiger charge is -2.14. The quantitative estimate of drug-likeness (QED) is 0.636. The van der Waals surface area contributed by atoms with E-state index in [1.54, 1.807) is 23.8 Å². The van der Waals surface area contributed by atoms with Crippen LogP contribution in [0.4, 0.5) is 14.5 Å². The van der Waals surface area contributed by atoms with Crippen LogP contribution < -0.4 is 5.32 Å². The number of amides is 1. The zero-order valence-electron chi connectivity index (χ0n) is 14.7. The van der Waals surface area contributed by atoms with Crippen molar-refractivity contribution in [2.24, 2.45) is 0 Å². The van der Waals surface area contributed by atoms with Crippen LogP contribution in [0.3, 0.4) is 0 Å². The van der Waals surface area contributed by atoms with Gasteiger partial charge in [-0.2, -0.15) is 0 Å². The molecule has 2 heterocycles. The minimum Gasteiger partial charge on any atom is -0.452 e. The minimum atomic E-state index is -1.23. The molecule has 6 nitrogen and oxygen atoms in total. The van der Waals surface area contributed by atoms with Crippen LogP contribution >= 0.6 is 11.3 Å². The molecule has 0 saturated heterocycles. The van der Waals surface area contributed by atoms with Gasteiger partial charge in [0.25, 0.3) is 5.91 Å². The third-order valence-corrected chi connectivity index (χ3v) is 4.61. The fraction of sp³-hybridized carbons (Fsp3) is 0.158. The van der Waals surface area contributed by atoms with Crippen molar-refractivity contribution >= 4 is 28.9 Å². The molecule has 0 aliphatic heterocycles. The van der Waals surface area contributed by atoms with E-state index in [1.807, 2.05) is 6.07 Å². The fourth-order valence-corrected chi connectivity index (χ4v) is 3.10. The van der Waals surface area contributed by atoms with E-state index in [-0.39, 0.29) is 6.42 Å². The van der Waals surface area contributed by atoms with E-state index in [9.17, 15) is 18.4 Å². The summed E-state index contributed by atoms with van der Waals surface area (Å²) in [6.45, 7) is 1.31. The molecule has 9 heteroatoms. The van der Waals surface area contributed by atoms with Crippen LogP contribution in [0.15, 0.2) is 48.1 Å². The number of benzene rings is 1. The molecule has 0 bridgehead atoms. The number of aromatic nitrogens is 2. The lowest BCUT2D eigenvalue weighted by Crippen LogP contribution is -2.31. The van der Waals surface area contributed by atoms with Gasteiger partial charge >= 0.3 is 5.97 Å². The molecule has 0 fully saturated rings. The number of ether oxygens (including phenoxy) is 1. The van der Waals surface area contributed by atoms with Gasteiger partial charge in [0.05, 0.1) is 12.1 Å². The third-order valence-electron chi connectivity index (χ3n) is 3.67. The molecule has 3 rings (SSSR count). The summed E-state index contributed by atoms with van der Waals surface area (Å²) in [6, 6.07) is 6.83. The van der Waals surface area contributed by atoms with E-state index in [2.05, 4.69) is 15.3 Å². The van der Waals surface area contributed by atoms with Crippen LogP contribution in [0, 0.1) is 11.6 Å². The highest BCUT2D eigenvalue weighted by Gasteiger charge is 2.21. The van der Waals surface area contributed by atoms with Gasteiger partial charge in [-0.25, -0.2) is 13.8 Å². The lowest BCUT2D eigenvalue weighted by atomic mass is 10.2. The molecule has 2 aromatic heterocycles. The third kappa shape index (κ3) is 4.74. The van der Waals surface area contributed by atoms with Gasteiger partial charge in [0, 0.05) is 23.3 Å². The number of thiazole rings is 1. The Hall–Kier alpha value is -3.20. The van der Waals surface area contributed by atoms with Gasteiger partial charge in [-0.3, -0.25) is 14.6 Å². The van der Waals surface area contributed by atoms with Crippen LogP contribution in [0.1, 0.15) is 12.6 Å². The van der Waals surface area contributed by atoms with Crippen molar-refractivity contribution in [2.75, 3.05) is 5.32 Å². The number of anilines is 1. The molecule has 0 aliphatic rings. The number of esters is 1. The maximum atomic E-state index is 13.6. The summed E-state index contributed by atoms with van der Waals surface area (Å²) in [4.78, 5) is 32.5. The molecule has 28 heavy (non-hydrogen) atoms. The fourth-order valence-electron chi connectivity index (χ4n) is 2.29. The Morgan fingerprint density at radius 3 is 2.64 bits per heavy atom. The normalized spacial score (nSPS) is 11.7. The average Bonchev–Trinajstić information content (AvgIpc) is 3.13. The van der Waals surface area contributed by atoms with Gasteiger partial charge in [-0.1, -0.05) is 6.07 Å². The molecule has 144 valence electrons. The molecule has 0 unspecified atom stereocenters. The van der Waals surface area contributed by atoms with E-state index in [4.69, 9.17) is 4.74 Å². The summed E-state index contributed by atoms with van der Waals surface area (Å²) >= 11 is 1.35. The summed E-state index contributed by atoms with van der Waals surface area (Å²) in [6.07, 6.45) is 1.94. The summed E-state index contributed by atoms with van der Waals surface area (Å²) in [5.41, 5.74) is 0.726. The molecule has 3 aromatic rings. The minimum absolute atomic E-state index is 0.136. The Labute approximate surface area is 163 Å². The predicted octanol–water partition coefficient (Wildman–Crippen LogP) is 3.60. The first-order chi connectivity index (χ1) is 13.4. The Morgan fingerprint density at radius 1 is 1.21 bits per heavy atom. The van der Waals surface area contributed by atoms with Crippen molar-refractivity contribution in [1.82, 2.24) is 9.97 Å². The van der Waals surface area contributed by atoms with Gasteiger partial charge in [0.2, 0.25) is 0 Å². The number of carbonyl (C=O) groups excluding carboxylic acids is 2. The molecular formula is C19H15F2N3O3S. The Kier molecular flexibility index (Phi) is 6.05. The maximum absolute atomic E-state index is 13.6. The number of hydrogen-bond acceptors (Lipinski definition) is 6. The highest BCUT2D eigenvalue weighted by atomic mass is 32.1. The Balaban J connectivity index is 1.57. The molecule has 1 N–H and O–H groups in total. The van der Waals surface area contributed by atoms with Gasteiger partial charge in [0.1, 0.15) is 22.3 Å². The average molecular weight is 403 g/mol. The van der Waals surface area contributed by atoms with Gasteiger partial charge in [-0.05, 0) is 31.2 Å². The standard InChI is InChI=1S/C19H15F2N3O3S/c1-11(18(26)24-17-14(20)5-2-6-15(17)21)27-16(25)8-13-10-28-19(23-13)12-4-3-7-22-9-12/h2-7,9-11H,8H2,1H3,(H,24,26)/t11-/m0/s1. The predicted molar refractivity (Wildman–Crippen MR) is 99.6 cm³/mol. The number of nitrogens with zero attached hydrogens (tertiary/aromatic N) is 2. The SMILES string of the molecule is C[C@H](OC(=O)Cc1csc(-c2cccnc2)n1)C(=O)Nc1c(F)cccc1F. The van der Waals surface area contributed by atoms with Gasteiger partial charge in [0.15, 0.2) is 6.10 Å². The second kappa shape index (κ2) is 8.66. The largest absolute Gasteiger partial charge is 0.452 e. The van der Waals surface area contributed by atoms with Crippen LogP contribution in [0.2, 0.25) is 0 Å². The van der Waals surface area contributed by atoms with E-state index in [1.165, 1.54) is 24.3 Å². The molecule has 0 radical (unpaired) electrons. The first-order valence-electron chi connectivity index (χ1n) is 8.23. The molecule has 0 saturated carbocycles. The van der Waals surface area contributed by atoms with Crippen molar-refractivity contribution in [2.45, 2.75) is 19.4 Å². The number of para-hydroxylation sites is 1. The van der Waals surface area contributed by atoms with Crippen LogP contribution in [0.25, 0.3) is 10.6 Å². The summed E-state index contributed by atoms with van der Waals surface area (Å²) < 4.78 is 32.2. The molecule has 0 spiro atoms. The van der Waals surface area contributed by atoms with Crippen molar-refractivity contribution < 1.29 is 23.1 Å². The van der Waals surface area contributed by atoms with Crippen molar-refractivity contribution in [1.29, 1.82) is 0 Å². The van der Waals surface area contributed by atoms with Gasteiger partial charge < -0.3 is 10.1 Å². The highest BCUT2D eigenvalue weighted by Crippen LogP contribution is 2.23. The Morgan fingerprint density at radius 2 is 1.96 bits per heavy atom. The number of pyridine rings is 1. The molecule has 0 aliphatic carbocycles. The molecule has 1 aromatic carbocycles. The summed E-state index contributed by atoms with van der Waals surface area (Å²) in [5, 5.41) is 4.50. The van der Waals surface area contributed by atoms with Crippen molar-refractivity contribution in [3.05, 3.63) is 65.4 Å². The summed E-state index contributed by atoms with van der Waals surface area (Å²) in [7, 11) is 0. The molecule has 1 amide bonds. The zero-order chi connectivity index (χ0) is 20.1. The van der Waals surface area contributed by atoms with E-state index in [0.29, 0.717) is 10.7 Å². The maximum Gasteiger partial charge on any atom is 0.312 e. The number of rotatable bonds is 6. The Bertz CT molecular complexity index is 975. The van der Waals surface area contributed by atoms with Crippen molar-refractivity contribution in [3.8, 4) is 10.6 Å². The first kappa shape index (κ1) is 19.6. The van der Waals surface area contributed by atoms with E-state index < -0.39 is 35.3 Å². The highest BCUT2D eigenvalue weighted by molar-refractivity contribution is 7.13. The lowest BCUT2D eigenvalue weighted by molar-refractivity contribution is -0.152. The zero-order valence-corrected chi connectivity index (χ0v) is 15.5.